The number of nitro benzene ring substituents is 1. The number of carboxylic acid groups (broad SMARTS) is 2. The normalized spacial score (nSPS) is 22.8. The van der Waals surface area contributed by atoms with Crippen LogP contribution in [0.4, 0.5) is 11.4 Å². The zero-order chi connectivity index (χ0) is 27.3. The first-order valence-electron chi connectivity index (χ1n) is 11.2. The van der Waals surface area contributed by atoms with E-state index in [1.54, 1.807) is 37.4 Å². The third-order valence-corrected chi connectivity index (χ3v) is 8.98. The van der Waals surface area contributed by atoms with Crippen molar-refractivity contribution >= 4 is 61.1 Å². The van der Waals surface area contributed by atoms with Crippen LogP contribution >= 0.6 is 31.9 Å². The molecule has 2 aromatic carbocycles. The number of amides is 1. The maximum absolute atomic E-state index is 12.4. The SMILES string of the molecule is COc1ccc(NC(=O)C2C3C=CC(C3)C2C(=O)O)cc1.O=C(O)C(Br)C(Br)c1ccccc1[N+](=O)[O-]. The minimum atomic E-state index is -1.08. The van der Waals surface area contributed by atoms with E-state index < -0.39 is 38.4 Å². The van der Waals surface area contributed by atoms with Gasteiger partial charge in [-0.1, -0.05) is 62.2 Å². The predicted molar refractivity (Wildman–Crippen MR) is 142 cm³/mol. The molecule has 3 N–H and O–H groups in total. The van der Waals surface area contributed by atoms with Crippen molar-refractivity contribution in [3.8, 4) is 5.75 Å². The smallest absolute Gasteiger partial charge is 0.318 e. The number of allylic oxidation sites excluding steroid dienone is 2. The van der Waals surface area contributed by atoms with E-state index >= 15 is 0 Å². The fourth-order valence-corrected chi connectivity index (χ4v) is 5.48. The number of carbonyl (C=O) groups excluding carboxylic acids is 1. The summed E-state index contributed by atoms with van der Waals surface area (Å²) in [5.41, 5.74) is 0.878. The average Bonchev–Trinajstić information content (AvgIpc) is 3.50. The summed E-state index contributed by atoms with van der Waals surface area (Å²) in [4.78, 5) is 43.2. The summed E-state index contributed by atoms with van der Waals surface area (Å²) in [6.07, 6.45) is 4.67. The van der Waals surface area contributed by atoms with Crippen LogP contribution in [0.25, 0.3) is 0 Å². The molecule has 196 valence electrons. The van der Waals surface area contributed by atoms with E-state index in [4.69, 9.17) is 9.84 Å². The van der Waals surface area contributed by atoms with Gasteiger partial charge in [-0.3, -0.25) is 24.5 Å². The zero-order valence-electron chi connectivity index (χ0n) is 19.5. The molecular formula is C25H24Br2N2O8. The molecule has 0 aromatic heterocycles. The molecule has 37 heavy (non-hydrogen) atoms. The lowest BCUT2D eigenvalue weighted by molar-refractivity contribution is -0.385. The van der Waals surface area contributed by atoms with E-state index in [0.29, 0.717) is 17.0 Å². The number of methoxy groups -OCH3 is 1. The van der Waals surface area contributed by atoms with Crippen molar-refractivity contribution in [2.45, 2.75) is 16.1 Å². The fourth-order valence-electron chi connectivity index (χ4n) is 4.59. The van der Waals surface area contributed by atoms with Gasteiger partial charge >= 0.3 is 11.9 Å². The average molecular weight is 640 g/mol. The molecule has 1 fully saturated rings. The third kappa shape index (κ3) is 6.55. The lowest BCUT2D eigenvalue weighted by atomic mass is 9.82. The number of fused-ring (bicyclic) bond motifs is 2. The Hall–Kier alpha value is -3.25. The van der Waals surface area contributed by atoms with Gasteiger partial charge in [-0.2, -0.15) is 0 Å². The number of nitrogens with zero attached hydrogens (tertiary/aromatic N) is 1. The minimum absolute atomic E-state index is 0.0147. The molecule has 0 heterocycles. The van der Waals surface area contributed by atoms with Crippen LogP contribution in [0.2, 0.25) is 0 Å². The molecule has 0 aliphatic heterocycles. The second-order valence-corrected chi connectivity index (χ2v) is 10.5. The van der Waals surface area contributed by atoms with Crippen molar-refractivity contribution < 1.29 is 34.3 Å². The summed E-state index contributed by atoms with van der Waals surface area (Å²) in [7, 11) is 1.58. The van der Waals surface area contributed by atoms with Gasteiger partial charge in [0.25, 0.3) is 5.69 Å². The fraction of sp³-hybridized carbons (Fsp3) is 0.320. The highest BCUT2D eigenvalue weighted by atomic mass is 79.9. The number of anilines is 1. The van der Waals surface area contributed by atoms with Crippen molar-refractivity contribution in [2.24, 2.45) is 23.7 Å². The van der Waals surface area contributed by atoms with Crippen molar-refractivity contribution in [1.29, 1.82) is 0 Å². The summed E-state index contributed by atoms with van der Waals surface area (Å²) in [6.45, 7) is 0. The lowest BCUT2D eigenvalue weighted by Crippen LogP contribution is -2.36. The molecule has 0 saturated heterocycles. The second kappa shape index (κ2) is 12.3. The van der Waals surface area contributed by atoms with Crippen LogP contribution in [0.15, 0.2) is 60.7 Å². The van der Waals surface area contributed by atoms with Crippen LogP contribution in [0.1, 0.15) is 16.8 Å². The molecule has 2 bridgehead atoms. The van der Waals surface area contributed by atoms with Gasteiger partial charge in [0.2, 0.25) is 5.91 Å². The Labute approximate surface area is 229 Å². The van der Waals surface area contributed by atoms with Gasteiger partial charge in [0.1, 0.15) is 10.6 Å². The Morgan fingerprint density at radius 1 is 1.03 bits per heavy atom. The molecule has 0 radical (unpaired) electrons. The number of ether oxygens (including phenoxy) is 1. The highest BCUT2D eigenvalue weighted by molar-refractivity contribution is 9.12. The maximum atomic E-state index is 12.4. The van der Waals surface area contributed by atoms with Gasteiger partial charge < -0.3 is 20.3 Å². The number of aliphatic carboxylic acids is 2. The van der Waals surface area contributed by atoms with Crippen LogP contribution in [-0.2, 0) is 14.4 Å². The monoisotopic (exact) mass is 638 g/mol. The topological polar surface area (TPSA) is 156 Å². The molecule has 6 atom stereocenters. The minimum Gasteiger partial charge on any atom is -0.497 e. The van der Waals surface area contributed by atoms with Gasteiger partial charge in [0.15, 0.2) is 0 Å². The number of para-hydroxylation sites is 1. The quantitative estimate of drug-likeness (QED) is 0.157. The van der Waals surface area contributed by atoms with Gasteiger partial charge in [0.05, 0.1) is 28.7 Å². The molecule has 1 amide bonds. The van der Waals surface area contributed by atoms with Crippen LogP contribution in [0, 0.1) is 33.8 Å². The molecule has 2 aliphatic rings. The van der Waals surface area contributed by atoms with E-state index in [2.05, 4.69) is 37.2 Å². The van der Waals surface area contributed by atoms with Crippen LogP contribution in [-0.4, -0.2) is 44.9 Å². The first-order valence-corrected chi connectivity index (χ1v) is 13.0. The molecule has 1 saturated carbocycles. The number of halogens is 2. The second-order valence-electron chi connectivity index (χ2n) is 8.51. The van der Waals surface area contributed by atoms with Crippen LogP contribution < -0.4 is 10.1 Å². The van der Waals surface area contributed by atoms with Crippen LogP contribution in [0.3, 0.4) is 0 Å². The first kappa shape index (κ1) is 28.3. The Balaban J connectivity index is 0.000000214. The zero-order valence-corrected chi connectivity index (χ0v) is 22.7. The van der Waals surface area contributed by atoms with Crippen molar-refractivity contribution in [1.82, 2.24) is 0 Å². The van der Waals surface area contributed by atoms with E-state index in [1.165, 1.54) is 18.2 Å². The number of carbonyl (C=O) groups is 3. The molecule has 0 spiro atoms. The standard InChI is InChI=1S/C16H17NO4.C9H7Br2NO4/c1-21-12-6-4-11(5-7-12)17-15(18)13-9-2-3-10(8-9)14(13)16(19)20;10-7(8(11)9(13)14)5-3-1-2-4-6(5)12(15)16/h2-7,9-10,13-14H,8H2,1H3,(H,17,18)(H,19,20);1-4,7-8H,(H,13,14). The molecule has 2 aliphatic carbocycles. The summed E-state index contributed by atoms with van der Waals surface area (Å²) in [5, 5.41) is 31.7. The van der Waals surface area contributed by atoms with Crippen molar-refractivity contribution in [3.05, 3.63) is 76.4 Å². The lowest BCUT2D eigenvalue weighted by Gasteiger charge is -2.23. The Morgan fingerprint density at radius 2 is 1.62 bits per heavy atom. The summed E-state index contributed by atoms with van der Waals surface area (Å²) in [6, 6.07) is 13.0. The molecule has 4 rings (SSSR count). The molecule has 10 nitrogen and oxygen atoms in total. The third-order valence-electron chi connectivity index (χ3n) is 6.33. The summed E-state index contributed by atoms with van der Waals surface area (Å²) < 4.78 is 5.06. The Bertz CT molecular complexity index is 1200. The number of nitro groups is 1. The number of rotatable bonds is 8. The van der Waals surface area contributed by atoms with E-state index in [1.807, 2.05) is 12.2 Å². The van der Waals surface area contributed by atoms with Gasteiger partial charge in [-0.05, 0) is 42.5 Å². The largest absolute Gasteiger partial charge is 0.497 e. The highest BCUT2D eigenvalue weighted by Crippen LogP contribution is 2.48. The van der Waals surface area contributed by atoms with Crippen molar-refractivity contribution in [3.63, 3.8) is 0 Å². The number of alkyl halides is 2. The predicted octanol–water partition coefficient (Wildman–Crippen LogP) is 5.04. The Morgan fingerprint density at radius 3 is 2.16 bits per heavy atom. The highest BCUT2D eigenvalue weighted by Gasteiger charge is 2.51. The van der Waals surface area contributed by atoms with E-state index in [-0.39, 0.29) is 23.4 Å². The number of hydrogen-bond acceptors (Lipinski definition) is 6. The molecular weight excluding hydrogens is 616 g/mol. The molecule has 12 heteroatoms. The summed E-state index contributed by atoms with van der Waals surface area (Å²) in [5.74, 6) is -2.56. The molecule has 6 unspecified atom stereocenters. The number of carboxylic acids is 2. The molecule has 2 aromatic rings. The number of hydrogen-bond donors (Lipinski definition) is 3. The van der Waals surface area contributed by atoms with E-state index in [9.17, 15) is 29.6 Å². The maximum Gasteiger partial charge on any atom is 0.318 e. The van der Waals surface area contributed by atoms with E-state index in [0.717, 1.165) is 6.42 Å². The summed E-state index contributed by atoms with van der Waals surface area (Å²) >= 11 is 6.10. The van der Waals surface area contributed by atoms with Crippen molar-refractivity contribution in [2.75, 3.05) is 12.4 Å². The van der Waals surface area contributed by atoms with Gasteiger partial charge in [-0.25, -0.2) is 0 Å². The first-order chi connectivity index (χ1) is 17.5. The van der Waals surface area contributed by atoms with Gasteiger partial charge in [0, 0.05) is 17.3 Å². The Kier molecular flexibility index (Phi) is 9.44. The van der Waals surface area contributed by atoms with Gasteiger partial charge in [-0.15, -0.1) is 0 Å². The number of benzene rings is 2. The number of nitrogens with one attached hydrogen (secondary N) is 1. The van der Waals surface area contributed by atoms with Crippen LogP contribution in [0.5, 0.6) is 5.75 Å².